The van der Waals surface area contributed by atoms with Crippen molar-refractivity contribution >= 4 is 39.9 Å². The molecule has 1 unspecified atom stereocenters. The molecule has 1 atom stereocenters. The van der Waals surface area contributed by atoms with Gasteiger partial charge in [-0.1, -0.05) is 66.4 Å². The summed E-state index contributed by atoms with van der Waals surface area (Å²) in [6.45, 7) is 2.08. The molecular weight excluding hydrogens is 298 g/mol. The van der Waals surface area contributed by atoms with E-state index >= 15 is 0 Å². The van der Waals surface area contributed by atoms with E-state index < -0.39 is 0 Å². The zero-order chi connectivity index (χ0) is 14.8. The topological polar surface area (TPSA) is 20.3 Å². The lowest BCUT2D eigenvalue weighted by Crippen LogP contribution is -2.32. The van der Waals surface area contributed by atoms with Crippen LogP contribution in [0.4, 0.5) is 5.69 Å². The fourth-order valence-electron chi connectivity index (χ4n) is 2.44. The zero-order valence-corrected chi connectivity index (χ0v) is 13.3. The van der Waals surface area contributed by atoms with Gasteiger partial charge >= 0.3 is 0 Å². The fraction of sp³-hybridized carbons (Fsp3) is 0.176. The number of carbonyl (C=O) groups excluding carboxylic acids is 1. The lowest BCUT2D eigenvalue weighted by molar-refractivity contribution is -0.116. The number of benzene rings is 2. The first-order valence-corrected chi connectivity index (χ1v) is 8.10. The molecule has 0 bridgehead atoms. The van der Waals surface area contributed by atoms with Gasteiger partial charge in [-0.05, 0) is 36.6 Å². The van der Waals surface area contributed by atoms with Gasteiger partial charge in [0.15, 0.2) is 0 Å². The van der Waals surface area contributed by atoms with Gasteiger partial charge in [0.05, 0.1) is 10.9 Å². The molecule has 1 fully saturated rings. The van der Waals surface area contributed by atoms with Crippen molar-refractivity contribution in [3.63, 3.8) is 0 Å². The monoisotopic (exact) mass is 313 g/mol. The fourth-order valence-corrected chi connectivity index (χ4v) is 3.99. The van der Waals surface area contributed by atoms with Crippen LogP contribution < -0.4 is 4.90 Å². The summed E-state index contributed by atoms with van der Waals surface area (Å²) < 4.78 is 0.643. The number of hydrogen-bond acceptors (Lipinski definition) is 3. The van der Waals surface area contributed by atoms with Gasteiger partial charge in [-0.25, -0.2) is 0 Å². The second kappa shape index (κ2) is 6.00. The molecule has 2 nitrogen and oxygen atoms in total. The van der Waals surface area contributed by atoms with Crippen LogP contribution in [0.15, 0.2) is 54.6 Å². The van der Waals surface area contributed by atoms with Crippen LogP contribution in [0.1, 0.15) is 11.1 Å². The zero-order valence-electron chi connectivity index (χ0n) is 11.7. The van der Waals surface area contributed by atoms with E-state index in [9.17, 15) is 4.79 Å². The summed E-state index contributed by atoms with van der Waals surface area (Å²) in [5.41, 5.74) is 3.28. The number of thioether (sulfide) groups is 1. The molecular formula is C17H15NOS2. The molecule has 0 aliphatic carbocycles. The number of nitrogens with zero attached hydrogens (tertiary/aromatic N) is 1. The van der Waals surface area contributed by atoms with E-state index in [2.05, 4.69) is 19.1 Å². The number of amides is 1. The van der Waals surface area contributed by atoms with Crippen molar-refractivity contribution in [1.29, 1.82) is 0 Å². The van der Waals surface area contributed by atoms with Crippen LogP contribution in [0.3, 0.4) is 0 Å². The summed E-state index contributed by atoms with van der Waals surface area (Å²) in [6.07, 6.45) is 0.722. The molecule has 1 aliphatic heterocycles. The Morgan fingerprint density at radius 3 is 2.48 bits per heavy atom. The molecule has 3 rings (SSSR count). The van der Waals surface area contributed by atoms with E-state index in [-0.39, 0.29) is 11.2 Å². The minimum atomic E-state index is -0.126. The molecule has 1 amide bonds. The molecule has 0 N–H and O–H groups in total. The Morgan fingerprint density at radius 2 is 1.76 bits per heavy atom. The predicted octanol–water partition coefficient (Wildman–Crippen LogP) is 3.97. The third-order valence-electron chi connectivity index (χ3n) is 3.60. The lowest BCUT2D eigenvalue weighted by Gasteiger charge is -2.15. The van der Waals surface area contributed by atoms with Gasteiger partial charge in [-0.3, -0.25) is 9.69 Å². The number of aryl methyl sites for hydroxylation is 1. The van der Waals surface area contributed by atoms with Crippen molar-refractivity contribution in [2.75, 3.05) is 4.90 Å². The number of rotatable bonds is 3. The molecule has 4 heteroatoms. The van der Waals surface area contributed by atoms with E-state index in [4.69, 9.17) is 12.2 Å². The van der Waals surface area contributed by atoms with Gasteiger partial charge in [0.25, 0.3) is 0 Å². The molecule has 1 saturated heterocycles. The predicted molar refractivity (Wildman–Crippen MR) is 92.8 cm³/mol. The Morgan fingerprint density at radius 1 is 1.10 bits per heavy atom. The number of para-hydroxylation sites is 1. The van der Waals surface area contributed by atoms with Gasteiger partial charge in [0, 0.05) is 0 Å². The van der Waals surface area contributed by atoms with E-state index in [1.807, 2.05) is 42.5 Å². The quantitative estimate of drug-likeness (QED) is 0.800. The number of carbonyl (C=O) groups is 1. The van der Waals surface area contributed by atoms with Crippen molar-refractivity contribution in [2.24, 2.45) is 0 Å². The summed E-state index contributed by atoms with van der Waals surface area (Å²) in [5, 5.41) is -0.126. The van der Waals surface area contributed by atoms with Crippen molar-refractivity contribution in [3.05, 3.63) is 65.7 Å². The SMILES string of the molecule is Cc1ccccc1CC1SC(=S)N(c2ccccc2)C1=O. The van der Waals surface area contributed by atoms with Gasteiger partial charge in [0.2, 0.25) is 5.91 Å². The van der Waals surface area contributed by atoms with E-state index in [0.29, 0.717) is 4.32 Å². The molecule has 1 heterocycles. The first-order chi connectivity index (χ1) is 10.2. The van der Waals surface area contributed by atoms with Crippen LogP contribution in [-0.4, -0.2) is 15.5 Å². The largest absolute Gasteiger partial charge is 0.273 e. The summed E-state index contributed by atoms with van der Waals surface area (Å²) in [4.78, 5) is 14.3. The van der Waals surface area contributed by atoms with Crippen LogP contribution in [0, 0.1) is 6.92 Å². The second-order valence-electron chi connectivity index (χ2n) is 5.01. The van der Waals surface area contributed by atoms with Gasteiger partial charge in [-0.15, -0.1) is 0 Å². The molecule has 21 heavy (non-hydrogen) atoms. The normalized spacial score (nSPS) is 18.3. The van der Waals surface area contributed by atoms with Crippen LogP contribution >= 0.6 is 24.0 Å². The average molecular weight is 313 g/mol. The van der Waals surface area contributed by atoms with E-state index in [0.717, 1.165) is 12.1 Å². The third-order valence-corrected chi connectivity index (χ3v) is 5.11. The molecule has 0 radical (unpaired) electrons. The maximum Gasteiger partial charge on any atom is 0.246 e. The summed E-state index contributed by atoms with van der Waals surface area (Å²) in [7, 11) is 0. The highest BCUT2D eigenvalue weighted by Gasteiger charge is 2.37. The molecule has 1 aliphatic rings. The maximum atomic E-state index is 12.6. The Balaban J connectivity index is 1.83. The summed E-state index contributed by atoms with van der Waals surface area (Å²) in [6, 6.07) is 17.8. The number of hydrogen-bond donors (Lipinski definition) is 0. The Labute approximate surface area is 134 Å². The summed E-state index contributed by atoms with van der Waals surface area (Å²) in [5.74, 6) is 0.0828. The van der Waals surface area contributed by atoms with E-state index in [1.165, 1.54) is 22.9 Å². The van der Waals surface area contributed by atoms with Gasteiger partial charge in [-0.2, -0.15) is 0 Å². The van der Waals surface area contributed by atoms with Crippen LogP contribution in [0.5, 0.6) is 0 Å². The van der Waals surface area contributed by atoms with Crippen LogP contribution in [0.25, 0.3) is 0 Å². The smallest absolute Gasteiger partial charge is 0.246 e. The van der Waals surface area contributed by atoms with Crippen LogP contribution in [0.2, 0.25) is 0 Å². The van der Waals surface area contributed by atoms with Crippen LogP contribution in [-0.2, 0) is 11.2 Å². The highest BCUT2D eigenvalue weighted by Crippen LogP contribution is 2.34. The highest BCUT2D eigenvalue weighted by atomic mass is 32.2. The maximum absolute atomic E-state index is 12.6. The number of anilines is 1. The second-order valence-corrected chi connectivity index (χ2v) is 6.85. The third kappa shape index (κ3) is 2.87. The van der Waals surface area contributed by atoms with Crippen molar-refractivity contribution < 1.29 is 4.79 Å². The van der Waals surface area contributed by atoms with Crippen molar-refractivity contribution in [1.82, 2.24) is 0 Å². The molecule has 2 aromatic rings. The molecule has 0 aromatic heterocycles. The summed E-state index contributed by atoms with van der Waals surface area (Å²) >= 11 is 6.88. The van der Waals surface area contributed by atoms with E-state index in [1.54, 1.807) is 4.90 Å². The first kappa shape index (κ1) is 14.3. The van der Waals surface area contributed by atoms with Gasteiger partial charge < -0.3 is 0 Å². The molecule has 0 saturated carbocycles. The van der Waals surface area contributed by atoms with Crippen molar-refractivity contribution in [2.45, 2.75) is 18.6 Å². The van der Waals surface area contributed by atoms with Crippen molar-refractivity contribution in [3.8, 4) is 0 Å². The standard InChI is InChI=1S/C17H15NOS2/c1-12-7-5-6-8-13(12)11-15-16(19)18(17(20)21-15)14-9-3-2-4-10-14/h2-10,15H,11H2,1H3. The lowest BCUT2D eigenvalue weighted by atomic mass is 10.0. The minimum absolute atomic E-state index is 0.0828. The minimum Gasteiger partial charge on any atom is -0.273 e. The Bertz CT molecular complexity index is 684. The first-order valence-electron chi connectivity index (χ1n) is 6.81. The average Bonchev–Trinajstić information content (AvgIpc) is 2.77. The Kier molecular flexibility index (Phi) is 4.08. The molecule has 106 valence electrons. The highest BCUT2D eigenvalue weighted by molar-refractivity contribution is 8.25. The Hall–Kier alpha value is -1.65. The number of thiocarbonyl (C=S) groups is 1. The molecule has 2 aromatic carbocycles. The molecule has 0 spiro atoms. The van der Waals surface area contributed by atoms with Gasteiger partial charge in [0.1, 0.15) is 4.32 Å².